The van der Waals surface area contributed by atoms with E-state index in [-0.39, 0.29) is 17.9 Å². The Morgan fingerprint density at radius 3 is 2.83 bits per heavy atom. The highest BCUT2D eigenvalue weighted by Crippen LogP contribution is 2.21. The van der Waals surface area contributed by atoms with E-state index in [0.717, 1.165) is 45.6 Å². The zero-order valence-corrected chi connectivity index (χ0v) is 11.9. The van der Waals surface area contributed by atoms with Crippen LogP contribution in [0.1, 0.15) is 19.8 Å². The fourth-order valence-corrected chi connectivity index (χ4v) is 3.02. The minimum absolute atomic E-state index is 0.0829. The standard InChI is InChI=1S/C13H23ClN2O2/c1-11-9-12(10-18-11)13(17)16-5-2-4-15(6-3-14)7-8-16/h11-12H,2-10H2,1H3. The van der Waals surface area contributed by atoms with Gasteiger partial charge in [-0.25, -0.2) is 0 Å². The Balaban J connectivity index is 1.83. The molecule has 0 aromatic rings. The van der Waals surface area contributed by atoms with Crippen LogP contribution in [-0.2, 0) is 9.53 Å². The van der Waals surface area contributed by atoms with E-state index in [1.54, 1.807) is 0 Å². The molecule has 2 rings (SSSR count). The van der Waals surface area contributed by atoms with Crippen LogP contribution in [-0.4, -0.2) is 67.0 Å². The maximum Gasteiger partial charge on any atom is 0.228 e. The molecule has 0 aromatic heterocycles. The van der Waals surface area contributed by atoms with E-state index in [1.807, 2.05) is 11.8 Å². The highest BCUT2D eigenvalue weighted by atomic mass is 35.5. The van der Waals surface area contributed by atoms with Crippen LogP contribution in [0, 0.1) is 5.92 Å². The van der Waals surface area contributed by atoms with Crippen LogP contribution in [0.15, 0.2) is 0 Å². The Morgan fingerprint density at radius 1 is 1.33 bits per heavy atom. The minimum atomic E-state index is 0.0829. The topological polar surface area (TPSA) is 32.8 Å². The Morgan fingerprint density at radius 2 is 2.17 bits per heavy atom. The smallest absolute Gasteiger partial charge is 0.228 e. The number of carbonyl (C=O) groups is 1. The molecule has 2 aliphatic heterocycles. The summed E-state index contributed by atoms with van der Waals surface area (Å²) in [5.74, 6) is 1.04. The summed E-state index contributed by atoms with van der Waals surface area (Å²) < 4.78 is 5.49. The number of alkyl halides is 1. The number of rotatable bonds is 3. The molecule has 4 nitrogen and oxygen atoms in total. The zero-order chi connectivity index (χ0) is 13.0. The van der Waals surface area contributed by atoms with Crippen LogP contribution in [0.25, 0.3) is 0 Å². The second-order valence-corrected chi connectivity index (χ2v) is 5.66. The van der Waals surface area contributed by atoms with E-state index in [0.29, 0.717) is 12.5 Å². The van der Waals surface area contributed by atoms with Gasteiger partial charge in [-0.2, -0.15) is 0 Å². The number of nitrogens with zero attached hydrogens (tertiary/aromatic N) is 2. The van der Waals surface area contributed by atoms with Crippen LogP contribution < -0.4 is 0 Å². The number of halogens is 1. The molecule has 18 heavy (non-hydrogen) atoms. The van der Waals surface area contributed by atoms with Gasteiger partial charge in [0.2, 0.25) is 5.91 Å². The van der Waals surface area contributed by atoms with Crippen molar-refractivity contribution in [3.8, 4) is 0 Å². The Hall–Kier alpha value is -0.320. The molecule has 2 saturated heterocycles. The lowest BCUT2D eigenvalue weighted by atomic mass is 10.0. The van der Waals surface area contributed by atoms with Gasteiger partial charge in [0.25, 0.3) is 0 Å². The summed E-state index contributed by atoms with van der Waals surface area (Å²) in [6.45, 7) is 7.27. The van der Waals surface area contributed by atoms with Gasteiger partial charge in [0.15, 0.2) is 0 Å². The third-order valence-electron chi connectivity index (χ3n) is 3.85. The van der Waals surface area contributed by atoms with Gasteiger partial charge in [-0.15, -0.1) is 11.6 Å². The average molecular weight is 275 g/mol. The minimum Gasteiger partial charge on any atom is -0.378 e. The molecule has 1 amide bonds. The molecule has 2 heterocycles. The largest absolute Gasteiger partial charge is 0.378 e. The van der Waals surface area contributed by atoms with Crippen LogP contribution in [0.4, 0.5) is 0 Å². The van der Waals surface area contributed by atoms with Crippen molar-refractivity contribution >= 4 is 17.5 Å². The quantitative estimate of drug-likeness (QED) is 0.725. The van der Waals surface area contributed by atoms with Gasteiger partial charge in [-0.1, -0.05) is 0 Å². The molecule has 2 aliphatic rings. The first-order valence-electron chi connectivity index (χ1n) is 6.89. The van der Waals surface area contributed by atoms with E-state index in [9.17, 15) is 4.79 Å². The second-order valence-electron chi connectivity index (χ2n) is 5.29. The maximum atomic E-state index is 12.4. The third-order valence-corrected chi connectivity index (χ3v) is 4.02. The molecule has 0 aliphatic carbocycles. The van der Waals surface area contributed by atoms with Crippen molar-refractivity contribution in [3.63, 3.8) is 0 Å². The summed E-state index contributed by atoms with van der Waals surface area (Å²) in [6.07, 6.45) is 2.16. The van der Waals surface area contributed by atoms with E-state index in [1.165, 1.54) is 0 Å². The lowest BCUT2D eigenvalue weighted by Crippen LogP contribution is -2.39. The average Bonchev–Trinajstić information content (AvgIpc) is 2.65. The number of hydrogen-bond donors (Lipinski definition) is 0. The zero-order valence-electron chi connectivity index (χ0n) is 11.1. The molecule has 0 bridgehead atoms. The SMILES string of the molecule is CC1CC(C(=O)N2CCCN(CCCl)CC2)CO1. The molecule has 2 fully saturated rings. The van der Waals surface area contributed by atoms with Gasteiger partial charge in [0, 0.05) is 32.1 Å². The van der Waals surface area contributed by atoms with Gasteiger partial charge in [-0.05, 0) is 26.3 Å². The van der Waals surface area contributed by atoms with Gasteiger partial charge in [0.05, 0.1) is 18.6 Å². The van der Waals surface area contributed by atoms with Crippen LogP contribution >= 0.6 is 11.6 Å². The fraction of sp³-hybridized carbons (Fsp3) is 0.923. The third kappa shape index (κ3) is 3.59. The molecule has 0 aromatic carbocycles. The molecular weight excluding hydrogens is 252 g/mol. The van der Waals surface area contributed by atoms with Crippen molar-refractivity contribution in [1.29, 1.82) is 0 Å². The Kier molecular flexibility index (Phi) is 5.27. The number of hydrogen-bond acceptors (Lipinski definition) is 3. The molecule has 104 valence electrons. The van der Waals surface area contributed by atoms with Crippen molar-refractivity contribution in [3.05, 3.63) is 0 Å². The summed E-state index contributed by atoms with van der Waals surface area (Å²) in [5.41, 5.74) is 0. The summed E-state index contributed by atoms with van der Waals surface area (Å²) in [4.78, 5) is 16.7. The first-order chi connectivity index (χ1) is 8.70. The second kappa shape index (κ2) is 6.73. The lowest BCUT2D eigenvalue weighted by Gasteiger charge is -2.23. The number of ether oxygens (including phenoxy) is 1. The van der Waals surface area contributed by atoms with Gasteiger partial charge < -0.3 is 14.5 Å². The molecule has 0 N–H and O–H groups in total. The maximum absolute atomic E-state index is 12.4. The van der Waals surface area contributed by atoms with Crippen molar-refractivity contribution < 1.29 is 9.53 Å². The summed E-state index contributed by atoms with van der Waals surface area (Å²) in [7, 11) is 0. The molecule has 0 spiro atoms. The van der Waals surface area contributed by atoms with E-state index in [4.69, 9.17) is 16.3 Å². The van der Waals surface area contributed by atoms with Crippen molar-refractivity contribution in [2.75, 3.05) is 45.2 Å². The Bertz CT molecular complexity index is 288. The van der Waals surface area contributed by atoms with Gasteiger partial charge in [0.1, 0.15) is 0 Å². The Labute approximate surface area is 114 Å². The van der Waals surface area contributed by atoms with Crippen LogP contribution in [0.5, 0.6) is 0 Å². The lowest BCUT2D eigenvalue weighted by molar-refractivity contribution is -0.135. The first-order valence-corrected chi connectivity index (χ1v) is 7.43. The van der Waals surface area contributed by atoms with E-state index < -0.39 is 0 Å². The van der Waals surface area contributed by atoms with Gasteiger partial charge >= 0.3 is 0 Å². The van der Waals surface area contributed by atoms with E-state index in [2.05, 4.69) is 4.90 Å². The molecule has 0 saturated carbocycles. The fourth-order valence-electron chi connectivity index (χ4n) is 2.78. The van der Waals surface area contributed by atoms with Crippen molar-refractivity contribution in [2.45, 2.75) is 25.9 Å². The van der Waals surface area contributed by atoms with Crippen LogP contribution in [0.2, 0.25) is 0 Å². The summed E-state index contributed by atoms with van der Waals surface area (Å²) >= 11 is 5.77. The highest BCUT2D eigenvalue weighted by molar-refractivity contribution is 6.18. The first kappa shape index (κ1) is 14.1. The molecule has 0 radical (unpaired) electrons. The predicted molar refractivity (Wildman–Crippen MR) is 71.9 cm³/mol. The number of carbonyl (C=O) groups excluding carboxylic acids is 1. The molecule has 2 atom stereocenters. The van der Waals surface area contributed by atoms with Gasteiger partial charge in [-0.3, -0.25) is 4.79 Å². The summed E-state index contributed by atoms with van der Waals surface area (Å²) in [6, 6.07) is 0. The van der Waals surface area contributed by atoms with E-state index >= 15 is 0 Å². The normalized spacial score (nSPS) is 30.4. The molecular formula is C13H23ClN2O2. The molecule has 5 heteroatoms. The highest BCUT2D eigenvalue weighted by Gasteiger charge is 2.32. The monoisotopic (exact) mass is 274 g/mol. The van der Waals surface area contributed by atoms with Crippen molar-refractivity contribution in [1.82, 2.24) is 9.80 Å². The predicted octanol–water partition coefficient (Wildman–Crippen LogP) is 1.18. The number of amides is 1. The molecule has 2 unspecified atom stereocenters. The summed E-state index contributed by atoms with van der Waals surface area (Å²) in [5, 5.41) is 0. The van der Waals surface area contributed by atoms with Crippen LogP contribution in [0.3, 0.4) is 0 Å². The van der Waals surface area contributed by atoms with Crippen molar-refractivity contribution in [2.24, 2.45) is 5.92 Å².